The molecule has 1 fully saturated rings. The minimum Gasteiger partial charge on any atom is -0.330 e. The second-order valence-electron chi connectivity index (χ2n) is 8.32. The largest absolute Gasteiger partial charge is 0.330 e. The quantitative estimate of drug-likeness (QED) is 0.747. The Morgan fingerprint density at radius 3 is 2.00 bits per heavy atom. The second-order valence-corrected chi connectivity index (χ2v) is 8.32. The molecule has 1 aliphatic heterocycles. The lowest BCUT2D eigenvalue weighted by Crippen LogP contribution is -2.47. The van der Waals surface area contributed by atoms with Crippen LogP contribution in [0.4, 0.5) is 0 Å². The maximum absolute atomic E-state index is 5.78. The first kappa shape index (κ1) is 18.9. The smallest absolute Gasteiger partial charge is 0.0110 e. The summed E-state index contributed by atoms with van der Waals surface area (Å²) in [7, 11) is 0. The van der Waals surface area contributed by atoms with Gasteiger partial charge in [-0.15, -0.1) is 0 Å². The van der Waals surface area contributed by atoms with Gasteiger partial charge < -0.3 is 15.5 Å². The van der Waals surface area contributed by atoms with E-state index in [0.29, 0.717) is 5.41 Å². The fourth-order valence-electron chi connectivity index (χ4n) is 3.48. The lowest BCUT2D eigenvalue weighted by atomic mass is 9.76. The molecule has 0 amide bonds. The molecule has 1 aliphatic rings. The molecule has 0 bridgehead atoms. The maximum atomic E-state index is 5.78. The molecule has 126 valence electrons. The topological polar surface area (TPSA) is 32.5 Å². The van der Waals surface area contributed by atoms with Crippen molar-refractivity contribution in [3.63, 3.8) is 0 Å². The van der Waals surface area contributed by atoms with Crippen LogP contribution in [0.3, 0.4) is 0 Å². The monoisotopic (exact) mass is 297 g/mol. The van der Waals surface area contributed by atoms with Crippen molar-refractivity contribution >= 4 is 0 Å². The number of piperazine rings is 1. The van der Waals surface area contributed by atoms with Crippen molar-refractivity contribution in [1.29, 1.82) is 0 Å². The molecule has 0 aromatic heterocycles. The molecular formula is C18H39N3. The molecule has 1 heterocycles. The van der Waals surface area contributed by atoms with Crippen molar-refractivity contribution in [2.75, 3.05) is 45.8 Å². The molecule has 1 atom stereocenters. The van der Waals surface area contributed by atoms with Gasteiger partial charge in [-0.25, -0.2) is 0 Å². The van der Waals surface area contributed by atoms with Gasteiger partial charge in [0.05, 0.1) is 0 Å². The highest BCUT2D eigenvalue weighted by Crippen LogP contribution is 2.32. The van der Waals surface area contributed by atoms with E-state index < -0.39 is 0 Å². The minimum absolute atomic E-state index is 0.398. The number of hydrogen-bond acceptors (Lipinski definition) is 3. The van der Waals surface area contributed by atoms with Gasteiger partial charge in [0.25, 0.3) is 0 Å². The fraction of sp³-hybridized carbons (Fsp3) is 1.00. The zero-order valence-electron chi connectivity index (χ0n) is 15.2. The summed E-state index contributed by atoms with van der Waals surface area (Å²) in [6.07, 6.45) is 3.82. The van der Waals surface area contributed by atoms with Gasteiger partial charge in [0.15, 0.2) is 0 Å². The molecule has 3 nitrogen and oxygen atoms in total. The highest BCUT2D eigenvalue weighted by atomic mass is 15.3. The van der Waals surface area contributed by atoms with Crippen LogP contribution in [0, 0.1) is 17.3 Å². The maximum Gasteiger partial charge on any atom is 0.0110 e. The Balaban J connectivity index is 2.21. The summed E-state index contributed by atoms with van der Waals surface area (Å²) in [5.41, 5.74) is 6.18. The molecule has 0 spiro atoms. The molecular weight excluding hydrogens is 258 g/mol. The summed E-state index contributed by atoms with van der Waals surface area (Å²) in [5, 5.41) is 0. The van der Waals surface area contributed by atoms with Crippen LogP contribution >= 0.6 is 0 Å². The molecule has 0 aromatic carbocycles. The molecule has 3 heteroatoms. The zero-order chi connectivity index (χ0) is 15.9. The van der Waals surface area contributed by atoms with Crippen molar-refractivity contribution in [3.05, 3.63) is 0 Å². The van der Waals surface area contributed by atoms with Gasteiger partial charge in [-0.2, -0.15) is 0 Å². The third-order valence-electron chi connectivity index (χ3n) is 4.86. The summed E-state index contributed by atoms with van der Waals surface area (Å²) >= 11 is 0. The van der Waals surface area contributed by atoms with Crippen molar-refractivity contribution in [1.82, 2.24) is 9.80 Å². The molecule has 2 N–H and O–H groups in total. The van der Waals surface area contributed by atoms with Crippen LogP contribution in [0.2, 0.25) is 0 Å². The molecule has 1 saturated heterocycles. The molecule has 0 saturated carbocycles. The van der Waals surface area contributed by atoms with E-state index in [1.54, 1.807) is 0 Å². The molecule has 1 unspecified atom stereocenters. The van der Waals surface area contributed by atoms with Crippen molar-refractivity contribution < 1.29 is 0 Å². The number of nitrogens with zero attached hydrogens (tertiary/aromatic N) is 2. The summed E-state index contributed by atoms with van der Waals surface area (Å²) in [6.45, 7) is 20.1. The SMILES string of the molecule is CC(C)CN1CCN(CCCC(CCN)C(C)(C)C)CC1. The predicted octanol–water partition coefficient (Wildman–Crippen LogP) is 3.05. The molecule has 0 aliphatic carbocycles. The molecule has 0 radical (unpaired) electrons. The number of rotatable bonds is 8. The van der Waals surface area contributed by atoms with Gasteiger partial charge in [0.2, 0.25) is 0 Å². The van der Waals surface area contributed by atoms with Gasteiger partial charge in [-0.3, -0.25) is 0 Å². The Morgan fingerprint density at radius 2 is 1.52 bits per heavy atom. The third-order valence-corrected chi connectivity index (χ3v) is 4.86. The lowest BCUT2D eigenvalue weighted by molar-refractivity contribution is 0.115. The average molecular weight is 298 g/mol. The van der Waals surface area contributed by atoms with Crippen LogP contribution in [0.1, 0.15) is 53.9 Å². The normalized spacial score (nSPS) is 20.1. The Morgan fingerprint density at radius 1 is 0.952 bits per heavy atom. The van der Waals surface area contributed by atoms with E-state index in [1.807, 2.05) is 0 Å². The van der Waals surface area contributed by atoms with Crippen LogP contribution in [0.25, 0.3) is 0 Å². The predicted molar refractivity (Wildman–Crippen MR) is 93.6 cm³/mol. The van der Waals surface area contributed by atoms with Crippen LogP contribution in [0.15, 0.2) is 0 Å². The van der Waals surface area contributed by atoms with E-state index in [2.05, 4.69) is 44.4 Å². The van der Waals surface area contributed by atoms with Crippen LogP contribution in [-0.2, 0) is 0 Å². The van der Waals surface area contributed by atoms with Gasteiger partial charge in [0, 0.05) is 32.7 Å². The van der Waals surface area contributed by atoms with Crippen molar-refractivity contribution in [2.45, 2.75) is 53.9 Å². The van der Waals surface area contributed by atoms with E-state index in [-0.39, 0.29) is 0 Å². The van der Waals surface area contributed by atoms with Gasteiger partial charge in [-0.05, 0) is 49.6 Å². The first-order chi connectivity index (χ1) is 9.82. The molecule has 0 aromatic rings. The van der Waals surface area contributed by atoms with Crippen molar-refractivity contribution in [2.24, 2.45) is 23.0 Å². The molecule has 1 rings (SSSR count). The van der Waals surface area contributed by atoms with E-state index in [1.165, 1.54) is 58.5 Å². The average Bonchev–Trinajstić information content (AvgIpc) is 2.38. The standard InChI is InChI=1S/C18H39N3/c1-16(2)15-21-13-11-20(12-14-21)10-6-7-17(8-9-19)18(3,4)5/h16-17H,6-15,19H2,1-5H3. The van der Waals surface area contributed by atoms with Crippen LogP contribution in [0.5, 0.6) is 0 Å². The summed E-state index contributed by atoms with van der Waals surface area (Å²) in [4.78, 5) is 5.27. The van der Waals surface area contributed by atoms with Gasteiger partial charge in [0.1, 0.15) is 0 Å². The van der Waals surface area contributed by atoms with Crippen LogP contribution < -0.4 is 5.73 Å². The Bertz CT molecular complexity index is 262. The number of nitrogens with two attached hydrogens (primary N) is 1. The first-order valence-corrected chi connectivity index (χ1v) is 8.97. The summed E-state index contributed by atoms with van der Waals surface area (Å²) in [6, 6.07) is 0. The Hall–Kier alpha value is -0.120. The number of hydrogen-bond donors (Lipinski definition) is 1. The summed E-state index contributed by atoms with van der Waals surface area (Å²) in [5.74, 6) is 1.56. The van der Waals surface area contributed by atoms with E-state index >= 15 is 0 Å². The second kappa shape index (κ2) is 9.12. The Kier molecular flexibility index (Phi) is 8.22. The minimum atomic E-state index is 0.398. The Labute approximate surface area is 133 Å². The highest BCUT2D eigenvalue weighted by molar-refractivity contribution is 4.77. The van der Waals surface area contributed by atoms with Gasteiger partial charge in [-0.1, -0.05) is 34.6 Å². The van der Waals surface area contributed by atoms with E-state index in [0.717, 1.165) is 18.4 Å². The molecule has 21 heavy (non-hydrogen) atoms. The summed E-state index contributed by atoms with van der Waals surface area (Å²) < 4.78 is 0. The van der Waals surface area contributed by atoms with E-state index in [9.17, 15) is 0 Å². The van der Waals surface area contributed by atoms with Gasteiger partial charge >= 0.3 is 0 Å². The first-order valence-electron chi connectivity index (χ1n) is 8.97. The highest BCUT2D eigenvalue weighted by Gasteiger charge is 2.24. The third kappa shape index (κ3) is 7.62. The van der Waals surface area contributed by atoms with E-state index in [4.69, 9.17) is 5.73 Å². The fourth-order valence-corrected chi connectivity index (χ4v) is 3.48. The van der Waals surface area contributed by atoms with Crippen LogP contribution in [-0.4, -0.2) is 55.6 Å². The van der Waals surface area contributed by atoms with Crippen molar-refractivity contribution in [3.8, 4) is 0 Å². The zero-order valence-corrected chi connectivity index (χ0v) is 15.2. The lowest BCUT2D eigenvalue weighted by Gasteiger charge is -2.36.